The highest BCUT2D eigenvalue weighted by Crippen LogP contribution is 2.26. The van der Waals surface area contributed by atoms with E-state index in [1.807, 2.05) is 6.92 Å². The summed E-state index contributed by atoms with van der Waals surface area (Å²) in [5, 5.41) is 18.0. The molecule has 0 amide bonds. The third-order valence-corrected chi connectivity index (χ3v) is 5.78. The van der Waals surface area contributed by atoms with Gasteiger partial charge in [-0.1, -0.05) is 6.92 Å². The second-order valence-electron chi connectivity index (χ2n) is 3.80. The van der Waals surface area contributed by atoms with Crippen LogP contribution in [0.15, 0.2) is 0 Å². The summed E-state index contributed by atoms with van der Waals surface area (Å²) in [6.45, 7) is 1.99. The minimum atomic E-state index is -3.03. The Hall–Kier alpha value is 0.220. The normalized spacial score (nSPS) is 33.1. The monoisotopic (exact) mass is 240 g/mol. The molecule has 3 atom stereocenters. The van der Waals surface area contributed by atoms with Gasteiger partial charge in [0.25, 0.3) is 0 Å². The molecule has 3 unspecified atom stereocenters. The Labute approximate surface area is 88.6 Å². The Bertz CT molecular complexity index is 275. The molecule has 1 rings (SSSR count). The van der Waals surface area contributed by atoms with Crippen LogP contribution in [0.5, 0.6) is 0 Å². The van der Waals surface area contributed by atoms with Gasteiger partial charge in [0.05, 0.1) is 17.6 Å². The maximum Gasteiger partial charge on any atom is 0.154 e. The molecule has 0 saturated carbocycles. The lowest BCUT2D eigenvalue weighted by Crippen LogP contribution is -2.21. The number of rotatable bonds is 4. The van der Waals surface area contributed by atoms with E-state index < -0.39 is 15.9 Å². The van der Waals surface area contributed by atoms with Crippen LogP contribution in [0.3, 0.4) is 0 Å². The van der Waals surface area contributed by atoms with Gasteiger partial charge in [-0.05, 0) is 11.7 Å². The molecule has 0 aromatic heterocycles. The van der Waals surface area contributed by atoms with E-state index in [1.165, 1.54) is 11.8 Å². The van der Waals surface area contributed by atoms with E-state index in [4.69, 9.17) is 5.11 Å². The Kier molecular flexibility index (Phi) is 4.24. The Balaban J connectivity index is 2.40. The first-order valence-corrected chi connectivity index (χ1v) is 7.42. The molecule has 0 spiro atoms. The lowest BCUT2D eigenvalue weighted by atomic mass is 10.2. The molecule has 1 aliphatic heterocycles. The molecule has 4 nitrogen and oxygen atoms in total. The van der Waals surface area contributed by atoms with E-state index >= 15 is 0 Å². The predicted molar refractivity (Wildman–Crippen MR) is 57.2 cm³/mol. The van der Waals surface area contributed by atoms with Crippen LogP contribution in [0, 0.1) is 5.92 Å². The summed E-state index contributed by atoms with van der Waals surface area (Å²) in [4.78, 5) is 0. The van der Waals surface area contributed by atoms with Crippen LogP contribution < -0.4 is 0 Å². The fourth-order valence-corrected chi connectivity index (χ4v) is 5.04. The summed E-state index contributed by atoms with van der Waals surface area (Å²) >= 11 is 1.44. The van der Waals surface area contributed by atoms with Gasteiger partial charge < -0.3 is 10.2 Å². The van der Waals surface area contributed by atoms with E-state index in [0.29, 0.717) is 5.75 Å². The van der Waals surface area contributed by atoms with E-state index in [9.17, 15) is 13.5 Å². The Morgan fingerprint density at radius 1 is 1.50 bits per heavy atom. The quantitative estimate of drug-likeness (QED) is 0.693. The van der Waals surface area contributed by atoms with Crippen molar-refractivity contribution in [3.05, 3.63) is 0 Å². The first kappa shape index (κ1) is 12.3. The van der Waals surface area contributed by atoms with E-state index in [2.05, 4.69) is 0 Å². The zero-order valence-electron chi connectivity index (χ0n) is 8.09. The number of aliphatic hydroxyl groups excluding tert-OH is 2. The van der Waals surface area contributed by atoms with Crippen molar-refractivity contribution in [3.63, 3.8) is 0 Å². The van der Waals surface area contributed by atoms with Gasteiger partial charge in [-0.2, -0.15) is 11.8 Å². The highest BCUT2D eigenvalue weighted by atomic mass is 32.2. The predicted octanol–water partition coefficient (Wildman–Crippen LogP) is -0.494. The number of hydrogen-bond acceptors (Lipinski definition) is 5. The highest BCUT2D eigenvalue weighted by molar-refractivity contribution is 8.01. The number of hydrogen-bond donors (Lipinski definition) is 2. The number of thioether (sulfide) groups is 1. The molecule has 0 bridgehead atoms. The molecule has 1 fully saturated rings. The standard InChI is InChI=1S/C8H16O4S2/c1-6(2-9)3-13-8-5-14(11,12)4-7(8)10/h6-10H,2-5H2,1H3. The summed E-state index contributed by atoms with van der Waals surface area (Å²) in [5.74, 6) is 0.790. The molecular formula is C8H16O4S2. The van der Waals surface area contributed by atoms with Crippen LogP contribution >= 0.6 is 11.8 Å². The number of sulfone groups is 1. The van der Waals surface area contributed by atoms with E-state index in [0.717, 1.165) is 0 Å². The van der Waals surface area contributed by atoms with E-state index in [1.54, 1.807) is 0 Å². The molecule has 84 valence electrons. The van der Waals surface area contributed by atoms with Gasteiger partial charge in [0.15, 0.2) is 9.84 Å². The molecule has 6 heteroatoms. The van der Waals surface area contributed by atoms with Crippen molar-refractivity contribution >= 4 is 21.6 Å². The van der Waals surface area contributed by atoms with Gasteiger partial charge in [-0.25, -0.2) is 8.42 Å². The zero-order chi connectivity index (χ0) is 10.8. The second kappa shape index (κ2) is 4.83. The lowest BCUT2D eigenvalue weighted by Gasteiger charge is -2.14. The molecule has 1 saturated heterocycles. The largest absolute Gasteiger partial charge is 0.396 e. The van der Waals surface area contributed by atoms with Gasteiger partial charge in [-0.15, -0.1) is 0 Å². The molecule has 0 radical (unpaired) electrons. The van der Waals surface area contributed by atoms with Crippen molar-refractivity contribution in [2.24, 2.45) is 5.92 Å². The van der Waals surface area contributed by atoms with Crippen LogP contribution in [0.2, 0.25) is 0 Å². The maximum absolute atomic E-state index is 11.1. The van der Waals surface area contributed by atoms with Crippen molar-refractivity contribution in [2.75, 3.05) is 23.9 Å². The second-order valence-corrected chi connectivity index (χ2v) is 7.23. The van der Waals surface area contributed by atoms with Crippen molar-refractivity contribution in [2.45, 2.75) is 18.3 Å². The third-order valence-electron chi connectivity index (χ3n) is 2.18. The van der Waals surface area contributed by atoms with Crippen molar-refractivity contribution in [1.82, 2.24) is 0 Å². The van der Waals surface area contributed by atoms with Crippen LogP contribution in [-0.4, -0.2) is 53.9 Å². The average Bonchev–Trinajstić information content (AvgIpc) is 2.35. The van der Waals surface area contributed by atoms with Crippen molar-refractivity contribution in [3.8, 4) is 0 Å². The minimum Gasteiger partial charge on any atom is -0.396 e. The van der Waals surface area contributed by atoms with Gasteiger partial charge in [-0.3, -0.25) is 0 Å². The first-order valence-electron chi connectivity index (χ1n) is 4.55. The maximum atomic E-state index is 11.1. The molecule has 1 aliphatic rings. The smallest absolute Gasteiger partial charge is 0.154 e. The summed E-state index contributed by atoms with van der Waals surface area (Å²) < 4.78 is 22.3. The lowest BCUT2D eigenvalue weighted by molar-refractivity contribution is 0.207. The van der Waals surface area contributed by atoms with Gasteiger partial charge in [0.1, 0.15) is 0 Å². The molecule has 0 aromatic carbocycles. The summed E-state index contributed by atoms with van der Waals surface area (Å²) in [6.07, 6.45) is -0.740. The van der Waals surface area contributed by atoms with Gasteiger partial charge >= 0.3 is 0 Å². The van der Waals surface area contributed by atoms with Crippen LogP contribution in [0.4, 0.5) is 0 Å². The van der Waals surface area contributed by atoms with E-state index in [-0.39, 0.29) is 29.3 Å². The molecular weight excluding hydrogens is 224 g/mol. The summed E-state index contributed by atoms with van der Waals surface area (Å²) in [6, 6.07) is 0. The molecule has 14 heavy (non-hydrogen) atoms. The molecule has 2 N–H and O–H groups in total. The fraction of sp³-hybridized carbons (Fsp3) is 1.00. The molecule has 0 aromatic rings. The van der Waals surface area contributed by atoms with Crippen molar-refractivity contribution in [1.29, 1.82) is 0 Å². The van der Waals surface area contributed by atoms with Crippen LogP contribution in [0.25, 0.3) is 0 Å². The first-order chi connectivity index (χ1) is 6.44. The number of aliphatic hydroxyl groups is 2. The zero-order valence-corrected chi connectivity index (χ0v) is 9.72. The minimum absolute atomic E-state index is 0.0665. The van der Waals surface area contributed by atoms with Gasteiger partial charge in [0, 0.05) is 11.9 Å². The Morgan fingerprint density at radius 3 is 2.57 bits per heavy atom. The van der Waals surface area contributed by atoms with Gasteiger partial charge in [0.2, 0.25) is 0 Å². The van der Waals surface area contributed by atoms with Crippen molar-refractivity contribution < 1.29 is 18.6 Å². The molecule has 0 aliphatic carbocycles. The molecule has 1 heterocycles. The third kappa shape index (κ3) is 3.42. The Morgan fingerprint density at radius 2 is 2.14 bits per heavy atom. The van der Waals surface area contributed by atoms with Crippen LogP contribution in [-0.2, 0) is 9.84 Å². The highest BCUT2D eigenvalue weighted by Gasteiger charge is 2.36. The summed E-state index contributed by atoms with van der Waals surface area (Å²) in [7, 11) is -3.03. The fourth-order valence-electron chi connectivity index (χ4n) is 1.30. The summed E-state index contributed by atoms with van der Waals surface area (Å²) in [5.41, 5.74) is 0. The average molecular weight is 240 g/mol. The van der Waals surface area contributed by atoms with Crippen LogP contribution in [0.1, 0.15) is 6.92 Å². The SMILES string of the molecule is CC(CO)CSC1CS(=O)(=O)CC1O. The topological polar surface area (TPSA) is 74.6 Å².